The number of aryl methyl sites for hydroxylation is 1. The summed E-state index contributed by atoms with van der Waals surface area (Å²) < 4.78 is 0. The fraction of sp³-hybridized carbons (Fsp3) is 0.286. The lowest BCUT2D eigenvalue weighted by Gasteiger charge is -2.31. The summed E-state index contributed by atoms with van der Waals surface area (Å²) in [6, 6.07) is 14.1. The van der Waals surface area contributed by atoms with E-state index < -0.39 is 0 Å². The lowest BCUT2D eigenvalue weighted by Crippen LogP contribution is -2.36. The number of aromatic amines is 1. The fourth-order valence-corrected chi connectivity index (χ4v) is 3.72. The Hall–Kier alpha value is -3.15. The van der Waals surface area contributed by atoms with Crippen molar-refractivity contribution in [3.8, 4) is 0 Å². The zero-order chi connectivity index (χ0) is 18.8. The van der Waals surface area contributed by atoms with E-state index in [4.69, 9.17) is 0 Å². The molecule has 0 aliphatic carbocycles. The second-order valence-electron chi connectivity index (χ2n) is 7.02. The lowest BCUT2D eigenvalue weighted by molar-refractivity contribution is 0.0704. The van der Waals surface area contributed by atoms with Crippen LogP contribution in [0, 0.1) is 0 Å². The van der Waals surface area contributed by atoms with Gasteiger partial charge < -0.3 is 9.80 Å². The molecule has 0 saturated heterocycles. The van der Waals surface area contributed by atoms with E-state index in [1.165, 1.54) is 11.1 Å². The van der Waals surface area contributed by atoms with Crippen LogP contribution in [-0.4, -0.2) is 46.6 Å². The van der Waals surface area contributed by atoms with Crippen molar-refractivity contribution in [2.45, 2.75) is 18.9 Å². The number of hydrogen-bond donors (Lipinski definition) is 1. The molecule has 0 spiro atoms. The van der Waals surface area contributed by atoms with Crippen LogP contribution in [0.4, 0.5) is 5.82 Å². The molecule has 1 aliphatic heterocycles. The largest absolute Gasteiger partial charge is 0.363 e. The summed E-state index contributed by atoms with van der Waals surface area (Å²) in [5.41, 5.74) is 4.06. The number of nitrogens with one attached hydrogen (secondary N) is 1. The minimum atomic E-state index is -0.152. The van der Waals surface area contributed by atoms with Gasteiger partial charge in [0.25, 0.3) is 5.91 Å². The quantitative estimate of drug-likeness (QED) is 0.779. The van der Waals surface area contributed by atoms with Crippen molar-refractivity contribution in [1.82, 2.24) is 20.1 Å². The highest BCUT2D eigenvalue weighted by molar-refractivity contribution is 5.92. The zero-order valence-corrected chi connectivity index (χ0v) is 15.6. The molecule has 1 amide bonds. The van der Waals surface area contributed by atoms with E-state index in [0.29, 0.717) is 12.2 Å². The number of anilines is 1. The van der Waals surface area contributed by atoms with Crippen LogP contribution in [0.3, 0.4) is 0 Å². The van der Waals surface area contributed by atoms with E-state index in [2.05, 4.69) is 39.4 Å². The molecule has 6 heteroatoms. The maximum atomic E-state index is 13.3. The van der Waals surface area contributed by atoms with Gasteiger partial charge in [0.15, 0.2) is 0 Å². The van der Waals surface area contributed by atoms with Gasteiger partial charge in [-0.1, -0.05) is 24.3 Å². The molecular weight excluding hydrogens is 338 g/mol. The highest BCUT2D eigenvalue weighted by Gasteiger charge is 2.31. The van der Waals surface area contributed by atoms with E-state index in [1.807, 2.05) is 42.2 Å². The monoisotopic (exact) mass is 361 g/mol. The second-order valence-corrected chi connectivity index (χ2v) is 7.02. The topological polar surface area (TPSA) is 65.1 Å². The molecule has 3 aromatic rings. The average molecular weight is 361 g/mol. The Morgan fingerprint density at radius 2 is 2.04 bits per heavy atom. The minimum Gasteiger partial charge on any atom is -0.363 e. The third-order valence-corrected chi connectivity index (χ3v) is 5.04. The van der Waals surface area contributed by atoms with Gasteiger partial charge in [-0.2, -0.15) is 5.10 Å². The van der Waals surface area contributed by atoms with Crippen LogP contribution < -0.4 is 4.90 Å². The summed E-state index contributed by atoms with van der Waals surface area (Å²) >= 11 is 0. The third kappa shape index (κ3) is 3.30. The van der Waals surface area contributed by atoms with Gasteiger partial charge in [0.2, 0.25) is 0 Å². The summed E-state index contributed by atoms with van der Waals surface area (Å²) in [6.45, 7) is 0.691. The van der Waals surface area contributed by atoms with Crippen molar-refractivity contribution < 1.29 is 4.79 Å². The van der Waals surface area contributed by atoms with Gasteiger partial charge in [0, 0.05) is 33.0 Å². The van der Waals surface area contributed by atoms with Gasteiger partial charge in [-0.05, 0) is 47.7 Å². The molecule has 6 nitrogen and oxygen atoms in total. The summed E-state index contributed by atoms with van der Waals surface area (Å²) in [5.74, 6) is 0.848. The predicted molar refractivity (Wildman–Crippen MR) is 105 cm³/mol. The summed E-state index contributed by atoms with van der Waals surface area (Å²) in [6.07, 6.45) is 5.33. The van der Waals surface area contributed by atoms with Crippen LogP contribution in [0.25, 0.3) is 0 Å². The molecule has 1 aromatic carbocycles. The molecule has 27 heavy (non-hydrogen) atoms. The first kappa shape index (κ1) is 17.3. The Kier molecular flexibility index (Phi) is 4.62. The Morgan fingerprint density at radius 1 is 1.19 bits per heavy atom. The van der Waals surface area contributed by atoms with Crippen molar-refractivity contribution in [2.24, 2.45) is 0 Å². The molecule has 0 bridgehead atoms. The number of aromatic nitrogens is 3. The van der Waals surface area contributed by atoms with Crippen molar-refractivity contribution in [2.75, 3.05) is 25.5 Å². The Morgan fingerprint density at radius 3 is 2.81 bits per heavy atom. The highest BCUT2D eigenvalue weighted by atomic mass is 16.2. The fourth-order valence-electron chi connectivity index (χ4n) is 3.72. The van der Waals surface area contributed by atoms with Crippen LogP contribution in [0.5, 0.6) is 0 Å². The average Bonchev–Trinajstić information content (AvgIpc) is 3.15. The number of nitrogens with zero attached hydrogens (tertiary/aromatic N) is 4. The van der Waals surface area contributed by atoms with Gasteiger partial charge in [-0.3, -0.25) is 9.89 Å². The SMILES string of the molecule is CN(C)c1cc(C2c3ccccc3CCCN2C(=O)c2ccn[nH]2)ccn1. The third-order valence-electron chi connectivity index (χ3n) is 5.04. The van der Waals surface area contributed by atoms with Crippen molar-refractivity contribution in [1.29, 1.82) is 0 Å². The first-order chi connectivity index (χ1) is 13.1. The Bertz CT molecular complexity index is 935. The van der Waals surface area contributed by atoms with E-state index in [-0.39, 0.29) is 11.9 Å². The molecule has 1 aliphatic rings. The number of carbonyl (C=O) groups excluding carboxylic acids is 1. The molecule has 138 valence electrons. The van der Waals surface area contributed by atoms with Crippen LogP contribution in [0.15, 0.2) is 54.9 Å². The molecule has 1 N–H and O–H groups in total. The summed E-state index contributed by atoms with van der Waals surface area (Å²) in [4.78, 5) is 21.6. The number of fused-ring (bicyclic) bond motifs is 1. The van der Waals surface area contributed by atoms with Crippen molar-refractivity contribution in [3.63, 3.8) is 0 Å². The maximum Gasteiger partial charge on any atom is 0.272 e. The molecule has 0 saturated carbocycles. The highest BCUT2D eigenvalue weighted by Crippen LogP contribution is 2.35. The van der Waals surface area contributed by atoms with Gasteiger partial charge >= 0.3 is 0 Å². The van der Waals surface area contributed by atoms with Gasteiger partial charge in [0.1, 0.15) is 11.5 Å². The molecule has 1 unspecified atom stereocenters. The number of H-pyrrole nitrogens is 1. The molecule has 0 fully saturated rings. The zero-order valence-electron chi connectivity index (χ0n) is 15.6. The van der Waals surface area contributed by atoms with Crippen LogP contribution in [0.2, 0.25) is 0 Å². The first-order valence-corrected chi connectivity index (χ1v) is 9.16. The van der Waals surface area contributed by atoms with E-state index in [9.17, 15) is 4.79 Å². The normalized spacial score (nSPS) is 16.5. The molecule has 2 aromatic heterocycles. The van der Waals surface area contributed by atoms with Crippen molar-refractivity contribution >= 4 is 11.7 Å². The van der Waals surface area contributed by atoms with Crippen LogP contribution >= 0.6 is 0 Å². The van der Waals surface area contributed by atoms with E-state index in [0.717, 1.165) is 24.2 Å². The minimum absolute atomic E-state index is 0.0302. The molecular formula is C21H23N5O. The van der Waals surface area contributed by atoms with Gasteiger partial charge in [0.05, 0.1) is 6.04 Å². The number of carbonyl (C=O) groups is 1. The Balaban J connectivity index is 1.85. The van der Waals surface area contributed by atoms with E-state index in [1.54, 1.807) is 12.3 Å². The lowest BCUT2D eigenvalue weighted by atomic mass is 9.93. The molecule has 1 atom stereocenters. The predicted octanol–water partition coefficient (Wildman–Crippen LogP) is 3.05. The van der Waals surface area contributed by atoms with Gasteiger partial charge in [-0.15, -0.1) is 0 Å². The number of hydrogen-bond acceptors (Lipinski definition) is 4. The summed E-state index contributed by atoms with van der Waals surface area (Å²) in [7, 11) is 3.95. The molecule has 4 rings (SSSR count). The number of benzene rings is 1. The Labute approximate surface area is 158 Å². The van der Waals surface area contributed by atoms with Gasteiger partial charge in [-0.25, -0.2) is 4.98 Å². The van der Waals surface area contributed by atoms with Crippen LogP contribution in [0.1, 0.15) is 39.6 Å². The summed E-state index contributed by atoms with van der Waals surface area (Å²) in [5, 5.41) is 6.77. The molecule has 0 radical (unpaired) electrons. The smallest absolute Gasteiger partial charge is 0.272 e. The number of rotatable bonds is 3. The molecule has 3 heterocycles. The number of pyridine rings is 1. The number of amides is 1. The maximum absolute atomic E-state index is 13.3. The first-order valence-electron chi connectivity index (χ1n) is 9.16. The standard InChI is InChI=1S/C21H23N5O/c1-25(2)19-14-16(9-11-22-19)20-17-8-4-3-6-15(17)7-5-13-26(20)21(27)18-10-12-23-24-18/h3-4,6,8-12,14,20H,5,7,13H2,1-2H3,(H,23,24). The van der Waals surface area contributed by atoms with Crippen molar-refractivity contribution in [3.05, 3.63) is 77.2 Å². The van der Waals surface area contributed by atoms with E-state index >= 15 is 0 Å². The second kappa shape index (κ2) is 7.23. The van der Waals surface area contributed by atoms with Crippen LogP contribution in [-0.2, 0) is 6.42 Å².